The number of nitrogens with one attached hydrogen (secondary N) is 1. The molecule has 0 spiro atoms. The third-order valence-corrected chi connectivity index (χ3v) is 8.11. The predicted molar refractivity (Wildman–Crippen MR) is 127 cm³/mol. The summed E-state index contributed by atoms with van der Waals surface area (Å²) in [6.45, 7) is 6.92. The van der Waals surface area contributed by atoms with Gasteiger partial charge < -0.3 is 4.74 Å². The molecule has 1 saturated heterocycles. The van der Waals surface area contributed by atoms with Crippen molar-refractivity contribution in [3.63, 3.8) is 0 Å². The average molecular weight is 509 g/mol. The molecule has 0 saturated carbocycles. The molecule has 2 aliphatic rings. The van der Waals surface area contributed by atoms with E-state index in [-0.39, 0.29) is 23.0 Å². The monoisotopic (exact) mass is 508 g/mol. The Hall–Kier alpha value is -2.63. The van der Waals surface area contributed by atoms with Crippen molar-refractivity contribution in [3.05, 3.63) is 66.0 Å². The lowest BCUT2D eigenvalue weighted by Gasteiger charge is -2.43. The molecule has 2 aliphatic heterocycles. The number of piperidine rings is 1. The number of aromatic nitrogens is 2. The topological polar surface area (TPSA) is 84.4 Å². The van der Waals surface area contributed by atoms with Gasteiger partial charge in [0.1, 0.15) is 28.6 Å². The van der Waals surface area contributed by atoms with Gasteiger partial charge in [0, 0.05) is 41.7 Å². The summed E-state index contributed by atoms with van der Waals surface area (Å²) in [5.74, 6) is -0.868. The molecule has 2 atom stereocenters. The van der Waals surface area contributed by atoms with Crippen molar-refractivity contribution < 1.29 is 21.9 Å². The second-order valence-electron chi connectivity index (χ2n) is 8.16. The summed E-state index contributed by atoms with van der Waals surface area (Å²) < 4.78 is 66.0. The molecule has 1 aromatic carbocycles. The molecule has 1 N–H and O–H groups in total. The molecular formula is C23H26F2N4O3S2. The third-order valence-electron chi connectivity index (χ3n) is 6.05. The number of hydrogen-bond acceptors (Lipinski definition) is 7. The maximum absolute atomic E-state index is 15.1. The lowest BCUT2D eigenvalue weighted by Crippen LogP contribution is -2.44. The molecule has 1 aromatic heterocycles. The van der Waals surface area contributed by atoms with E-state index in [9.17, 15) is 12.8 Å². The Morgan fingerprint density at radius 1 is 1.32 bits per heavy atom. The number of hydrogen-bond donors (Lipinski definition) is 1. The summed E-state index contributed by atoms with van der Waals surface area (Å²) in [4.78, 5) is 5.53. The second kappa shape index (κ2) is 10.3. The Morgan fingerprint density at radius 3 is 2.88 bits per heavy atom. The van der Waals surface area contributed by atoms with Gasteiger partial charge >= 0.3 is 0 Å². The highest BCUT2D eigenvalue weighted by Gasteiger charge is 2.36. The lowest BCUT2D eigenvalue weighted by atomic mass is 9.89. The van der Waals surface area contributed by atoms with Gasteiger partial charge in [-0.25, -0.2) is 22.2 Å². The number of halogens is 2. The highest BCUT2D eigenvalue weighted by Crippen LogP contribution is 2.42. The maximum Gasteiger partial charge on any atom is 0.266 e. The SMILES string of the molecule is C=C(/C=C\C(F)=C/C)[C@H]1CCCCN1[C@H]1CCOc2cc(S(=O)(=O)Nc3ncns3)c(F)cc21. The van der Waals surface area contributed by atoms with Crippen molar-refractivity contribution in [1.82, 2.24) is 14.3 Å². The Morgan fingerprint density at radius 2 is 2.15 bits per heavy atom. The Balaban J connectivity index is 1.64. The van der Waals surface area contributed by atoms with Gasteiger partial charge in [-0.3, -0.25) is 9.62 Å². The number of ether oxygens (including phenoxy) is 1. The van der Waals surface area contributed by atoms with E-state index in [1.54, 1.807) is 13.0 Å². The first-order valence-electron chi connectivity index (χ1n) is 11.0. The van der Waals surface area contributed by atoms with Crippen LogP contribution in [0.5, 0.6) is 5.75 Å². The molecule has 1 fully saturated rings. The Labute approximate surface area is 202 Å². The molecule has 0 radical (unpaired) electrons. The fraction of sp³-hybridized carbons (Fsp3) is 0.391. The molecule has 2 aromatic rings. The van der Waals surface area contributed by atoms with Gasteiger partial charge in [0.25, 0.3) is 10.0 Å². The summed E-state index contributed by atoms with van der Waals surface area (Å²) >= 11 is 0.856. The normalized spacial score (nSPS) is 21.8. The predicted octanol–water partition coefficient (Wildman–Crippen LogP) is 5.14. The number of fused-ring (bicyclic) bond motifs is 1. The molecule has 4 rings (SSSR count). The number of likely N-dealkylation sites (tertiary alicyclic amines) is 1. The second-order valence-corrected chi connectivity index (χ2v) is 10.6. The van der Waals surface area contributed by atoms with Crippen LogP contribution in [0.2, 0.25) is 0 Å². The van der Waals surface area contributed by atoms with E-state index >= 15 is 4.39 Å². The molecular weight excluding hydrogens is 482 g/mol. The van der Waals surface area contributed by atoms with Crippen molar-refractivity contribution in [2.75, 3.05) is 17.9 Å². The Kier molecular flexibility index (Phi) is 7.44. The molecule has 182 valence electrons. The summed E-state index contributed by atoms with van der Waals surface area (Å²) in [6.07, 6.45) is 9.15. The Bertz CT molecular complexity index is 1210. The molecule has 0 amide bonds. The van der Waals surface area contributed by atoms with Gasteiger partial charge in [0.05, 0.1) is 6.61 Å². The molecule has 7 nitrogen and oxygen atoms in total. The van der Waals surface area contributed by atoms with Crippen molar-refractivity contribution >= 4 is 26.7 Å². The minimum absolute atomic E-state index is 0.0313. The molecule has 3 heterocycles. The van der Waals surface area contributed by atoms with Gasteiger partial charge in [0.15, 0.2) is 0 Å². The zero-order valence-corrected chi connectivity index (χ0v) is 20.3. The standard InChI is InChI=1S/C23H26F2N4O3S2/c1-3-16(24)8-7-15(2)19-6-4-5-10-29(19)20-9-11-32-21-13-22(18(25)12-17(20)21)34(30,31)28-23-26-14-27-33-23/h3,7-8,12-14,19-20H,2,4-6,9-11H2,1H3,(H,26,27,28)/b8-7-,16-3+/t19-,20+/m1/s1. The van der Waals surface area contributed by atoms with Crippen LogP contribution in [0.4, 0.5) is 13.9 Å². The van der Waals surface area contributed by atoms with E-state index in [4.69, 9.17) is 4.74 Å². The number of sulfonamides is 1. The largest absolute Gasteiger partial charge is 0.493 e. The van der Waals surface area contributed by atoms with Crippen molar-refractivity contribution in [2.45, 2.75) is 49.6 Å². The molecule has 34 heavy (non-hydrogen) atoms. The average Bonchev–Trinajstić information content (AvgIpc) is 3.33. The van der Waals surface area contributed by atoms with Crippen molar-refractivity contribution in [3.8, 4) is 5.75 Å². The van der Waals surface area contributed by atoms with Crippen LogP contribution in [-0.2, 0) is 10.0 Å². The van der Waals surface area contributed by atoms with Crippen LogP contribution in [0.25, 0.3) is 0 Å². The van der Waals surface area contributed by atoms with Gasteiger partial charge in [-0.15, -0.1) is 0 Å². The fourth-order valence-corrected chi connectivity index (χ4v) is 6.17. The fourth-order valence-electron chi connectivity index (χ4n) is 4.43. The highest BCUT2D eigenvalue weighted by molar-refractivity contribution is 7.93. The van der Waals surface area contributed by atoms with Crippen molar-refractivity contribution in [2.24, 2.45) is 0 Å². The van der Waals surface area contributed by atoms with Crippen LogP contribution < -0.4 is 9.46 Å². The minimum atomic E-state index is -4.21. The highest BCUT2D eigenvalue weighted by atomic mass is 32.2. The molecule has 0 unspecified atom stereocenters. The van der Waals surface area contributed by atoms with E-state index in [2.05, 4.69) is 25.6 Å². The molecule has 11 heteroatoms. The van der Waals surface area contributed by atoms with Crippen LogP contribution in [-0.4, -0.2) is 41.9 Å². The number of allylic oxidation sites excluding steroid dienone is 3. The quantitative estimate of drug-likeness (QED) is 0.522. The van der Waals surface area contributed by atoms with Crippen LogP contribution in [0, 0.1) is 5.82 Å². The zero-order valence-electron chi connectivity index (χ0n) is 18.7. The first-order chi connectivity index (χ1) is 16.3. The van der Waals surface area contributed by atoms with Crippen LogP contribution >= 0.6 is 11.5 Å². The summed E-state index contributed by atoms with van der Waals surface area (Å²) in [7, 11) is -4.21. The minimum Gasteiger partial charge on any atom is -0.493 e. The van der Waals surface area contributed by atoms with E-state index in [0.717, 1.165) is 42.9 Å². The lowest BCUT2D eigenvalue weighted by molar-refractivity contribution is 0.0846. The van der Waals surface area contributed by atoms with Crippen LogP contribution in [0.1, 0.15) is 44.2 Å². The van der Waals surface area contributed by atoms with Gasteiger partial charge in [-0.1, -0.05) is 25.2 Å². The molecule has 0 bridgehead atoms. The number of benzene rings is 1. The van der Waals surface area contributed by atoms with Crippen molar-refractivity contribution in [1.29, 1.82) is 0 Å². The van der Waals surface area contributed by atoms with Crippen LogP contribution in [0.3, 0.4) is 0 Å². The summed E-state index contributed by atoms with van der Waals surface area (Å²) in [6, 6.07) is 2.27. The zero-order chi connectivity index (χ0) is 24.3. The molecule has 0 aliphatic carbocycles. The summed E-state index contributed by atoms with van der Waals surface area (Å²) in [5.41, 5.74) is 1.38. The van der Waals surface area contributed by atoms with E-state index in [0.29, 0.717) is 24.3 Å². The number of nitrogens with zero attached hydrogens (tertiary/aromatic N) is 3. The van der Waals surface area contributed by atoms with Crippen LogP contribution in [0.15, 0.2) is 59.6 Å². The summed E-state index contributed by atoms with van der Waals surface area (Å²) in [5, 5.41) is 0.0491. The van der Waals surface area contributed by atoms with Gasteiger partial charge in [-0.05, 0) is 44.0 Å². The smallest absolute Gasteiger partial charge is 0.266 e. The maximum atomic E-state index is 15.1. The van der Waals surface area contributed by atoms with E-state index in [1.165, 1.54) is 30.6 Å². The first-order valence-corrected chi connectivity index (χ1v) is 13.3. The van der Waals surface area contributed by atoms with E-state index in [1.807, 2.05) is 0 Å². The number of rotatable bonds is 7. The first kappa shape index (κ1) is 24.5. The van der Waals surface area contributed by atoms with Gasteiger partial charge in [-0.2, -0.15) is 4.37 Å². The number of anilines is 1. The third kappa shape index (κ3) is 5.21. The van der Waals surface area contributed by atoms with Gasteiger partial charge in [0.2, 0.25) is 5.13 Å². The van der Waals surface area contributed by atoms with E-state index < -0.39 is 20.7 Å².